The highest BCUT2D eigenvalue weighted by Crippen LogP contribution is 2.03. The Kier molecular flexibility index (Phi) is 7.50. The van der Waals surface area contributed by atoms with Crippen molar-refractivity contribution < 1.29 is 18.3 Å². The zero-order valence-electron chi connectivity index (χ0n) is 9.85. The topological polar surface area (TPSA) is 107 Å². The van der Waals surface area contributed by atoms with E-state index in [9.17, 15) is 13.2 Å². The minimum Gasteiger partial charge on any atom is -0.481 e. The smallest absolute Gasteiger partial charge is 0.303 e. The molecule has 0 aliphatic rings. The highest BCUT2D eigenvalue weighted by Gasteiger charge is 2.18. The average Bonchev–Trinajstić information content (AvgIpc) is 2.26. The van der Waals surface area contributed by atoms with Crippen molar-refractivity contribution in [2.75, 3.05) is 6.54 Å². The summed E-state index contributed by atoms with van der Waals surface area (Å²) in [5, 5.41) is 15.8. The molecular formula is C10H18N2O4S. The maximum atomic E-state index is 11.3. The third-order valence-corrected chi connectivity index (χ3v) is 3.91. The van der Waals surface area contributed by atoms with Crippen LogP contribution < -0.4 is 4.72 Å². The lowest BCUT2D eigenvalue weighted by Crippen LogP contribution is -2.32. The molecule has 1 unspecified atom stereocenters. The molecule has 0 fully saturated rings. The van der Waals surface area contributed by atoms with Gasteiger partial charge in [-0.15, -0.1) is 0 Å². The van der Waals surface area contributed by atoms with E-state index >= 15 is 0 Å². The Morgan fingerprint density at radius 2 is 1.94 bits per heavy atom. The summed E-state index contributed by atoms with van der Waals surface area (Å²) in [5.41, 5.74) is 0. The SMILES string of the molecule is CC(C#N)S(=O)(=O)NCCCCCCC(=O)O. The van der Waals surface area contributed by atoms with Crippen molar-refractivity contribution in [1.29, 1.82) is 5.26 Å². The van der Waals surface area contributed by atoms with Crippen molar-refractivity contribution in [2.45, 2.75) is 44.3 Å². The second-order valence-electron chi connectivity index (χ2n) is 3.77. The third-order valence-electron chi connectivity index (χ3n) is 2.27. The van der Waals surface area contributed by atoms with Crippen LogP contribution in [0.15, 0.2) is 0 Å². The summed E-state index contributed by atoms with van der Waals surface area (Å²) >= 11 is 0. The van der Waals surface area contributed by atoms with Crippen LogP contribution in [0.4, 0.5) is 0 Å². The van der Waals surface area contributed by atoms with Gasteiger partial charge in [0.2, 0.25) is 10.0 Å². The molecule has 0 saturated heterocycles. The number of nitriles is 1. The summed E-state index contributed by atoms with van der Waals surface area (Å²) in [5.74, 6) is -0.812. The van der Waals surface area contributed by atoms with Gasteiger partial charge in [0.1, 0.15) is 0 Å². The number of aliphatic carboxylic acids is 1. The van der Waals surface area contributed by atoms with Crippen LogP contribution in [0.25, 0.3) is 0 Å². The molecule has 0 aliphatic carbocycles. The van der Waals surface area contributed by atoms with Crippen LogP contribution in [0.3, 0.4) is 0 Å². The molecule has 0 rings (SSSR count). The van der Waals surface area contributed by atoms with Gasteiger partial charge in [-0.05, 0) is 19.8 Å². The normalized spacial score (nSPS) is 12.9. The van der Waals surface area contributed by atoms with Crippen molar-refractivity contribution >= 4 is 16.0 Å². The van der Waals surface area contributed by atoms with Gasteiger partial charge in [0.05, 0.1) is 6.07 Å². The van der Waals surface area contributed by atoms with Gasteiger partial charge in [-0.25, -0.2) is 13.1 Å². The van der Waals surface area contributed by atoms with Crippen LogP contribution in [0, 0.1) is 11.3 Å². The van der Waals surface area contributed by atoms with Gasteiger partial charge in [-0.3, -0.25) is 4.79 Å². The van der Waals surface area contributed by atoms with Crippen LogP contribution in [0.5, 0.6) is 0 Å². The van der Waals surface area contributed by atoms with Crippen LogP contribution in [0.1, 0.15) is 39.0 Å². The van der Waals surface area contributed by atoms with Gasteiger partial charge < -0.3 is 5.11 Å². The standard InChI is InChI=1S/C10H18N2O4S/c1-9(8-11)17(15,16)12-7-5-3-2-4-6-10(13)14/h9,12H,2-7H2,1H3,(H,13,14). The fourth-order valence-electron chi connectivity index (χ4n) is 1.16. The molecule has 0 radical (unpaired) electrons. The summed E-state index contributed by atoms with van der Waals surface area (Å²) in [6.07, 6.45) is 2.95. The van der Waals surface area contributed by atoms with Gasteiger partial charge in [-0.1, -0.05) is 12.8 Å². The Hall–Kier alpha value is -1.13. The predicted octanol–water partition coefficient (Wildman–Crippen LogP) is 0.853. The lowest BCUT2D eigenvalue weighted by molar-refractivity contribution is -0.137. The van der Waals surface area contributed by atoms with Gasteiger partial charge in [-0.2, -0.15) is 5.26 Å². The van der Waals surface area contributed by atoms with Gasteiger partial charge in [0, 0.05) is 13.0 Å². The number of nitrogens with one attached hydrogen (secondary N) is 1. The third kappa shape index (κ3) is 7.71. The van der Waals surface area contributed by atoms with Crippen LogP contribution in [-0.2, 0) is 14.8 Å². The number of unbranched alkanes of at least 4 members (excludes halogenated alkanes) is 3. The maximum absolute atomic E-state index is 11.3. The summed E-state index contributed by atoms with van der Waals surface area (Å²) < 4.78 is 25.0. The molecule has 0 aromatic heterocycles. The molecule has 2 N–H and O–H groups in total. The number of nitrogens with zero attached hydrogens (tertiary/aromatic N) is 1. The fraction of sp³-hybridized carbons (Fsp3) is 0.800. The van der Waals surface area contributed by atoms with Gasteiger partial charge >= 0.3 is 5.97 Å². The van der Waals surface area contributed by atoms with Crippen LogP contribution in [-0.4, -0.2) is 31.3 Å². The molecule has 1 atom stereocenters. The van der Waals surface area contributed by atoms with E-state index < -0.39 is 21.2 Å². The molecule has 0 aliphatic heterocycles. The number of carboxylic acids is 1. The minimum atomic E-state index is -3.52. The summed E-state index contributed by atoms with van der Waals surface area (Å²) in [7, 11) is -3.52. The Bertz CT molecular complexity index is 372. The largest absolute Gasteiger partial charge is 0.481 e. The average molecular weight is 262 g/mol. The minimum absolute atomic E-state index is 0.150. The molecule has 0 amide bonds. The van der Waals surface area contributed by atoms with Crippen molar-refractivity contribution in [2.24, 2.45) is 0 Å². The Balaban J connectivity index is 3.59. The first-order valence-corrected chi connectivity index (χ1v) is 7.04. The zero-order valence-corrected chi connectivity index (χ0v) is 10.7. The molecule has 7 heteroatoms. The number of carbonyl (C=O) groups is 1. The molecule has 6 nitrogen and oxygen atoms in total. The number of hydrogen-bond donors (Lipinski definition) is 2. The number of rotatable bonds is 9. The maximum Gasteiger partial charge on any atom is 0.303 e. The molecule has 0 aromatic carbocycles. The Labute approximate surface area is 102 Å². The quantitative estimate of drug-likeness (QED) is 0.599. The molecular weight excluding hydrogens is 244 g/mol. The second-order valence-corrected chi connectivity index (χ2v) is 5.85. The Morgan fingerprint density at radius 1 is 1.35 bits per heavy atom. The van der Waals surface area contributed by atoms with E-state index in [0.717, 1.165) is 12.8 Å². The van der Waals surface area contributed by atoms with Gasteiger partial charge in [0.25, 0.3) is 0 Å². The summed E-state index contributed by atoms with van der Waals surface area (Å²) in [6.45, 7) is 1.62. The number of hydrogen-bond acceptors (Lipinski definition) is 4. The first kappa shape index (κ1) is 15.9. The van der Waals surface area contributed by atoms with Crippen molar-refractivity contribution in [3.8, 4) is 6.07 Å². The van der Waals surface area contributed by atoms with Crippen molar-refractivity contribution in [3.05, 3.63) is 0 Å². The molecule has 17 heavy (non-hydrogen) atoms. The van der Waals surface area contributed by atoms with Crippen LogP contribution >= 0.6 is 0 Å². The van der Waals surface area contributed by atoms with E-state index in [2.05, 4.69) is 4.72 Å². The second kappa shape index (κ2) is 8.03. The molecule has 98 valence electrons. The molecule has 0 saturated carbocycles. The first-order chi connectivity index (χ1) is 7.90. The molecule has 0 bridgehead atoms. The number of carboxylic acid groups (broad SMARTS) is 1. The van der Waals surface area contributed by atoms with Crippen molar-refractivity contribution in [3.63, 3.8) is 0 Å². The van der Waals surface area contributed by atoms with Gasteiger partial charge in [0.15, 0.2) is 5.25 Å². The highest BCUT2D eigenvalue weighted by atomic mass is 32.2. The highest BCUT2D eigenvalue weighted by molar-refractivity contribution is 7.90. The summed E-state index contributed by atoms with van der Waals surface area (Å²) in [6, 6.07) is 1.66. The fourth-order valence-corrected chi connectivity index (χ4v) is 1.98. The molecule has 0 heterocycles. The summed E-state index contributed by atoms with van der Waals surface area (Å²) in [4.78, 5) is 10.2. The zero-order chi connectivity index (χ0) is 13.3. The lowest BCUT2D eigenvalue weighted by atomic mass is 10.1. The monoisotopic (exact) mass is 262 g/mol. The lowest BCUT2D eigenvalue weighted by Gasteiger charge is -2.07. The van der Waals surface area contributed by atoms with E-state index in [-0.39, 0.29) is 6.42 Å². The van der Waals surface area contributed by atoms with E-state index in [1.54, 1.807) is 6.07 Å². The van der Waals surface area contributed by atoms with E-state index in [4.69, 9.17) is 10.4 Å². The first-order valence-electron chi connectivity index (χ1n) is 5.50. The van der Waals surface area contributed by atoms with E-state index in [1.807, 2.05) is 0 Å². The van der Waals surface area contributed by atoms with Crippen LogP contribution in [0.2, 0.25) is 0 Å². The molecule has 0 aromatic rings. The van der Waals surface area contributed by atoms with E-state index in [0.29, 0.717) is 19.4 Å². The van der Waals surface area contributed by atoms with Crippen molar-refractivity contribution in [1.82, 2.24) is 4.72 Å². The predicted molar refractivity (Wildman–Crippen MR) is 62.7 cm³/mol. The Morgan fingerprint density at radius 3 is 2.47 bits per heavy atom. The molecule has 0 spiro atoms. The number of sulfonamides is 1. The van der Waals surface area contributed by atoms with E-state index in [1.165, 1.54) is 6.92 Å².